The Morgan fingerprint density at radius 1 is 0.750 bits per heavy atom. The average molecular weight is 640 g/mol. The molecule has 3 aromatic carbocycles. The highest BCUT2D eigenvalue weighted by Gasteiger charge is 2.44. The van der Waals surface area contributed by atoms with Gasteiger partial charge in [-0.3, -0.25) is 24.1 Å². The quantitative estimate of drug-likeness (QED) is 0.220. The van der Waals surface area contributed by atoms with Crippen molar-refractivity contribution in [1.29, 1.82) is 0 Å². The number of para-hydroxylation sites is 2. The van der Waals surface area contributed by atoms with Crippen LogP contribution in [0.2, 0.25) is 10.0 Å². The Labute approximate surface area is 262 Å². The van der Waals surface area contributed by atoms with E-state index in [-0.39, 0.29) is 29.0 Å². The highest BCUT2D eigenvalue weighted by Crippen LogP contribution is 2.29. The number of nitrogens with one attached hydrogen (secondary N) is 2. The number of fused-ring (bicyclic) bond motifs is 1. The molecule has 0 radical (unpaired) electrons. The van der Waals surface area contributed by atoms with Crippen LogP contribution in [0, 0.1) is 5.92 Å². The third-order valence-electron chi connectivity index (χ3n) is 6.41. The van der Waals surface area contributed by atoms with Gasteiger partial charge >= 0.3 is 11.9 Å². The summed E-state index contributed by atoms with van der Waals surface area (Å²) in [6.45, 7) is 2.27. The summed E-state index contributed by atoms with van der Waals surface area (Å²) in [5.41, 5.74) is 0.429. The van der Waals surface area contributed by atoms with E-state index in [1.807, 2.05) is 0 Å². The summed E-state index contributed by atoms with van der Waals surface area (Å²) in [5.74, 6) is -4.89. The third-order valence-corrected chi connectivity index (χ3v) is 7.07. The minimum absolute atomic E-state index is 0.0268. The second-order valence-corrected chi connectivity index (χ2v) is 10.9. The number of hydrogen-bond acceptors (Lipinski definition) is 8. The monoisotopic (exact) mass is 639 g/mol. The SMILES string of the molecule is CC(C)CC(C(=O)OCC(=O)Nc1ccccc1Cl)N1C(=O)c2ccc(C(=O)OCC(=O)Nc3ccccc3Cl)cc2C1=O. The molecule has 0 bridgehead atoms. The van der Waals surface area contributed by atoms with E-state index >= 15 is 0 Å². The summed E-state index contributed by atoms with van der Waals surface area (Å²) in [4.78, 5) is 77.8. The smallest absolute Gasteiger partial charge is 0.338 e. The molecule has 0 saturated carbocycles. The van der Waals surface area contributed by atoms with E-state index < -0.39 is 54.8 Å². The van der Waals surface area contributed by atoms with E-state index in [9.17, 15) is 28.8 Å². The molecule has 0 spiro atoms. The van der Waals surface area contributed by atoms with Gasteiger partial charge in [-0.2, -0.15) is 0 Å². The number of benzene rings is 3. The maximum Gasteiger partial charge on any atom is 0.338 e. The number of amides is 4. The molecule has 4 rings (SSSR count). The van der Waals surface area contributed by atoms with Crippen molar-refractivity contribution < 1.29 is 38.2 Å². The van der Waals surface area contributed by atoms with E-state index in [4.69, 9.17) is 32.7 Å². The van der Waals surface area contributed by atoms with Gasteiger partial charge in [0.2, 0.25) is 0 Å². The second kappa shape index (κ2) is 14.2. The second-order valence-electron chi connectivity index (χ2n) is 10.1. The molecule has 228 valence electrons. The zero-order valence-electron chi connectivity index (χ0n) is 23.6. The number of ether oxygens (including phenoxy) is 2. The van der Waals surface area contributed by atoms with Crippen LogP contribution in [0.25, 0.3) is 0 Å². The Hall–Kier alpha value is -4.74. The zero-order chi connectivity index (χ0) is 32.0. The number of imide groups is 1. The summed E-state index contributed by atoms with van der Waals surface area (Å²) < 4.78 is 10.3. The molecule has 1 unspecified atom stereocenters. The van der Waals surface area contributed by atoms with Crippen LogP contribution in [0.15, 0.2) is 66.7 Å². The van der Waals surface area contributed by atoms with Crippen LogP contribution in [0.5, 0.6) is 0 Å². The van der Waals surface area contributed by atoms with Gasteiger partial charge in [0.1, 0.15) is 6.04 Å². The van der Waals surface area contributed by atoms with E-state index in [2.05, 4.69) is 10.6 Å². The minimum Gasteiger partial charge on any atom is -0.454 e. The van der Waals surface area contributed by atoms with Crippen molar-refractivity contribution in [1.82, 2.24) is 4.90 Å². The topological polar surface area (TPSA) is 148 Å². The lowest BCUT2D eigenvalue weighted by atomic mass is 10.0. The molecule has 0 saturated heterocycles. The highest BCUT2D eigenvalue weighted by atomic mass is 35.5. The van der Waals surface area contributed by atoms with E-state index in [0.717, 1.165) is 4.90 Å². The number of esters is 2. The average Bonchev–Trinajstić information content (AvgIpc) is 3.24. The molecule has 2 N–H and O–H groups in total. The molecule has 13 heteroatoms. The van der Waals surface area contributed by atoms with Crippen LogP contribution in [-0.2, 0) is 23.9 Å². The van der Waals surface area contributed by atoms with Crippen LogP contribution >= 0.6 is 23.2 Å². The van der Waals surface area contributed by atoms with Crippen molar-refractivity contribution in [2.24, 2.45) is 5.92 Å². The van der Waals surface area contributed by atoms with Crippen LogP contribution in [0.1, 0.15) is 51.3 Å². The largest absolute Gasteiger partial charge is 0.454 e. The van der Waals surface area contributed by atoms with Crippen LogP contribution in [0.4, 0.5) is 11.4 Å². The van der Waals surface area contributed by atoms with Gasteiger partial charge < -0.3 is 20.1 Å². The summed E-state index contributed by atoms with van der Waals surface area (Å²) in [6.07, 6.45) is 0.0614. The van der Waals surface area contributed by atoms with Crippen molar-refractivity contribution >= 4 is 70.1 Å². The van der Waals surface area contributed by atoms with Gasteiger partial charge in [-0.1, -0.05) is 61.3 Å². The number of hydrogen-bond donors (Lipinski definition) is 2. The Bertz CT molecular complexity index is 1640. The number of carbonyl (C=O) groups is 6. The van der Waals surface area contributed by atoms with Crippen LogP contribution in [-0.4, -0.2) is 59.7 Å². The Balaban J connectivity index is 1.42. The highest BCUT2D eigenvalue weighted by molar-refractivity contribution is 6.34. The summed E-state index contributed by atoms with van der Waals surface area (Å²) in [6, 6.07) is 15.4. The van der Waals surface area contributed by atoms with E-state index in [1.54, 1.807) is 62.4 Å². The molecule has 1 aliphatic heterocycles. The predicted molar refractivity (Wildman–Crippen MR) is 162 cm³/mol. The standard InChI is InChI=1S/C31H27Cl2N3O8/c1-17(2)13-25(31(42)44-16-27(38)35-24-10-6-4-8-22(24)33)36-28(39)19-12-11-18(14-20(19)29(36)40)30(41)43-15-26(37)34-23-9-5-3-7-21(23)32/h3-12,14,17,25H,13,15-16H2,1-2H3,(H,34,37)(H,35,38). The van der Waals surface area contributed by atoms with Gasteiger partial charge in [0.25, 0.3) is 23.6 Å². The first-order valence-corrected chi connectivity index (χ1v) is 14.2. The lowest BCUT2D eigenvalue weighted by Crippen LogP contribution is -2.46. The first-order chi connectivity index (χ1) is 21.0. The number of anilines is 2. The Morgan fingerprint density at radius 2 is 1.27 bits per heavy atom. The molecule has 4 amide bonds. The van der Waals surface area contributed by atoms with Gasteiger partial charge in [-0.25, -0.2) is 9.59 Å². The third kappa shape index (κ3) is 7.61. The summed E-state index contributed by atoms with van der Waals surface area (Å²) in [7, 11) is 0. The maximum atomic E-state index is 13.4. The fraction of sp³-hybridized carbons (Fsp3) is 0.226. The predicted octanol–water partition coefficient (Wildman–Crippen LogP) is 4.98. The van der Waals surface area contributed by atoms with Crippen molar-refractivity contribution in [3.05, 3.63) is 93.5 Å². The molecule has 0 aliphatic carbocycles. The normalized spacial score (nSPS) is 12.9. The first-order valence-electron chi connectivity index (χ1n) is 13.4. The van der Waals surface area contributed by atoms with Crippen molar-refractivity contribution in [3.63, 3.8) is 0 Å². The Morgan fingerprint density at radius 3 is 1.82 bits per heavy atom. The van der Waals surface area contributed by atoms with Crippen LogP contribution in [0.3, 0.4) is 0 Å². The molecule has 0 aromatic heterocycles. The summed E-state index contributed by atoms with van der Waals surface area (Å²) >= 11 is 12.1. The number of rotatable bonds is 11. The maximum absolute atomic E-state index is 13.4. The van der Waals surface area contributed by atoms with Gasteiger partial charge in [0, 0.05) is 0 Å². The molecule has 44 heavy (non-hydrogen) atoms. The molecule has 11 nitrogen and oxygen atoms in total. The number of halogens is 2. The van der Waals surface area contributed by atoms with Gasteiger partial charge in [0.15, 0.2) is 13.2 Å². The molecule has 1 atom stereocenters. The van der Waals surface area contributed by atoms with Gasteiger partial charge in [-0.15, -0.1) is 0 Å². The minimum atomic E-state index is -1.33. The fourth-order valence-electron chi connectivity index (χ4n) is 4.37. The van der Waals surface area contributed by atoms with Crippen molar-refractivity contribution in [2.75, 3.05) is 23.8 Å². The number of carbonyl (C=O) groups excluding carboxylic acids is 6. The summed E-state index contributed by atoms with van der Waals surface area (Å²) in [5, 5.41) is 5.64. The lowest BCUT2D eigenvalue weighted by molar-refractivity contribution is -0.151. The molecule has 1 heterocycles. The van der Waals surface area contributed by atoms with Crippen molar-refractivity contribution in [2.45, 2.75) is 26.3 Å². The molecule has 3 aromatic rings. The van der Waals surface area contributed by atoms with Crippen molar-refractivity contribution in [3.8, 4) is 0 Å². The first kappa shape index (κ1) is 32.2. The van der Waals surface area contributed by atoms with E-state index in [1.165, 1.54) is 18.2 Å². The van der Waals surface area contributed by atoms with Gasteiger partial charge in [0.05, 0.1) is 38.1 Å². The fourth-order valence-corrected chi connectivity index (χ4v) is 4.73. The number of nitrogens with zero attached hydrogens (tertiary/aromatic N) is 1. The van der Waals surface area contributed by atoms with Gasteiger partial charge in [-0.05, 0) is 54.8 Å². The molecular weight excluding hydrogens is 613 g/mol. The van der Waals surface area contributed by atoms with Crippen LogP contribution < -0.4 is 10.6 Å². The zero-order valence-corrected chi connectivity index (χ0v) is 25.1. The molecule has 1 aliphatic rings. The molecule has 0 fully saturated rings. The van der Waals surface area contributed by atoms with E-state index in [0.29, 0.717) is 21.4 Å². The Kier molecular flexibility index (Phi) is 10.4. The molecular formula is C31H27Cl2N3O8. The lowest BCUT2D eigenvalue weighted by Gasteiger charge is -2.25.